The van der Waals surface area contributed by atoms with Crippen LogP contribution >= 0.6 is 0 Å². The fourth-order valence-corrected chi connectivity index (χ4v) is 3.68. The van der Waals surface area contributed by atoms with E-state index in [1.165, 1.54) is 26.2 Å². The van der Waals surface area contributed by atoms with E-state index in [0.717, 1.165) is 0 Å². The molecule has 32 heavy (non-hydrogen) atoms. The van der Waals surface area contributed by atoms with Crippen LogP contribution < -0.4 is 14.5 Å². The zero-order chi connectivity index (χ0) is 23.3. The number of benzene rings is 2. The van der Waals surface area contributed by atoms with Crippen molar-refractivity contribution in [1.82, 2.24) is 9.91 Å². The lowest BCUT2D eigenvalue weighted by Crippen LogP contribution is -2.56. The molecule has 2 amide bonds. The minimum atomic E-state index is -0.472. The number of carbonyl (C=O) groups excluding carboxylic acids is 3. The van der Waals surface area contributed by atoms with Gasteiger partial charge in [0.2, 0.25) is 5.91 Å². The Labute approximate surface area is 187 Å². The van der Waals surface area contributed by atoms with Crippen molar-refractivity contribution in [1.29, 1.82) is 0 Å². The van der Waals surface area contributed by atoms with Gasteiger partial charge in [-0.1, -0.05) is 6.07 Å². The van der Waals surface area contributed by atoms with E-state index in [-0.39, 0.29) is 11.8 Å². The predicted molar refractivity (Wildman–Crippen MR) is 118 cm³/mol. The number of rotatable bonds is 6. The Morgan fingerprint density at radius 3 is 2.12 bits per heavy atom. The number of esters is 1. The van der Waals surface area contributed by atoms with E-state index in [1.54, 1.807) is 54.5 Å². The number of nitrogens with zero attached hydrogens (tertiary/aromatic N) is 3. The van der Waals surface area contributed by atoms with Crippen molar-refractivity contribution in [3.8, 4) is 11.5 Å². The topological polar surface area (TPSA) is 88.6 Å². The van der Waals surface area contributed by atoms with E-state index in [9.17, 15) is 14.4 Å². The van der Waals surface area contributed by atoms with Crippen molar-refractivity contribution in [3.63, 3.8) is 0 Å². The quantitative estimate of drug-likeness (QED) is 0.635. The highest BCUT2D eigenvalue weighted by Crippen LogP contribution is 2.28. The molecular formula is C23H27N3O6. The van der Waals surface area contributed by atoms with Gasteiger partial charge in [-0.2, -0.15) is 0 Å². The summed E-state index contributed by atoms with van der Waals surface area (Å²) < 4.78 is 15.3. The molecule has 0 spiro atoms. The monoisotopic (exact) mass is 441 g/mol. The largest absolute Gasteiger partial charge is 0.493 e. The first-order valence-electron chi connectivity index (χ1n) is 10.1. The van der Waals surface area contributed by atoms with Crippen LogP contribution in [0.2, 0.25) is 0 Å². The Hall–Kier alpha value is -3.59. The molecule has 1 fully saturated rings. The lowest BCUT2D eigenvalue weighted by Gasteiger charge is -2.40. The number of hydrazine groups is 1. The normalized spacial score (nSPS) is 13.9. The highest BCUT2D eigenvalue weighted by molar-refractivity contribution is 5.96. The van der Waals surface area contributed by atoms with Crippen LogP contribution in [0.15, 0.2) is 42.5 Å². The number of ether oxygens (including phenoxy) is 3. The van der Waals surface area contributed by atoms with Gasteiger partial charge in [0.1, 0.15) is 0 Å². The Morgan fingerprint density at radius 1 is 0.844 bits per heavy atom. The van der Waals surface area contributed by atoms with Gasteiger partial charge in [-0.15, -0.1) is 0 Å². The van der Waals surface area contributed by atoms with E-state index in [4.69, 9.17) is 14.2 Å². The van der Waals surface area contributed by atoms with Crippen LogP contribution in [0.4, 0.5) is 5.69 Å². The summed E-state index contributed by atoms with van der Waals surface area (Å²) in [7, 11) is 4.38. The fraction of sp³-hybridized carbons (Fsp3) is 0.348. The molecule has 1 aliphatic heterocycles. The zero-order valence-corrected chi connectivity index (χ0v) is 18.7. The Balaban J connectivity index is 1.73. The average Bonchev–Trinajstić information content (AvgIpc) is 2.83. The molecule has 0 aliphatic carbocycles. The molecule has 3 rings (SSSR count). The van der Waals surface area contributed by atoms with E-state index in [0.29, 0.717) is 54.5 Å². The maximum atomic E-state index is 13.0. The van der Waals surface area contributed by atoms with Crippen LogP contribution in [0, 0.1) is 0 Å². The van der Waals surface area contributed by atoms with Crippen LogP contribution in [0.5, 0.6) is 11.5 Å². The molecule has 2 aromatic carbocycles. The van der Waals surface area contributed by atoms with E-state index in [2.05, 4.69) is 0 Å². The highest BCUT2D eigenvalue weighted by Gasteiger charge is 2.28. The second-order valence-electron chi connectivity index (χ2n) is 7.19. The van der Waals surface area contributed by atoms with Gasteiger partial charge >= 0.3 is 5.97 Å². The molecule has 1 saturated heterocycles. The number of carbonyl (C=O) groups is 3. The molecular weight excluding hydrogens is 414 g/mol. The minimum Gasteiger partial charge on any atom is -0.493 e. The molecule has 9 heteroatoms. The molecule has 0 unspecified atom stereocenters. The van der Waals surface area contributed by atoms with Crippen LogP contribution in [0.25, 0.3) is 0 Å². The number of amides is 2. The van der Waals surface area contributed by atoms with Crippen molar-refractivity contribution in [3.05, 3.63) is 53.6 Å². The number of hydrogen-bond donors (Lipinski definition) is 0. The third-order valence-electron chi connectivity index (χ3n) is 5.27. The van der Waals surface area contributed by atoms with Gasteiger partial charge in [-0.25, -0.2) is 14.8 Å². The molecule has 0 N–H and O–H groups in total. The van der Waals surface area contributed by atoms with Crippen molar-refractivity contribution >= 4 is 23.5 Å². The lowest BCUT2D eigenvalue weighted by atomic mass is 10.1. The van der Waals surface area contributed by atoms with Crippen molar-refractivity contribution < 1.29 is 28.6 Å². The summed E-state index contributed by atoms with van der Waals surface area (Å²) in [4.78, 5) is 39.0. The van der Waals surface area contributed by atoms with E-state index in [1.807, 2.05) is 5.01 Å². The van der Waals surface area contributed by atoms with Crippen molar-refractivity contribution in [2.75, 3.05) is 52.5 Å². The smallest absolute Gasteiger partial charge is 0.337 e. The predicted octanol–water partition coefficient (Wildman–Crippen LogP) is 2.22. The van der Waals surface area contributed by atoms with Crippen molar-refractivity contribution in [2.45, 2.75) is 6.92 Å². The average molecular weight is 441 g/mol. The van der Waals surface area contributed by atoms with Gasteiger partial charge < -0.3 is 19.1 Å². The standard InChI is InChI=1S/C23H27N3O6/c1-16(27)26(19-7-5-6-18(14-19)23(29)32-4)25-12-10-24(11-13-25)22(28)17-8-9-20(30-2)21(15-17)31-3/h5-9,14-15H,10-13H2,1-4H3. The third kappa shape index (κ3) is 4.83. The van der Waals surface area contributed by atoms with Gasteiger partial charge in [0.25, 0.3) is 5.91 Å². The van der Waals surface area contributed by atoms with Gasteiger partial charge in [-0.3, -0.25) is 9.59 Å². The zero-order valence-electron chi connectivity index (χ0n) is 18.7. The SMILES string of the molecule is COC(=O)c1cccc(N(C(C)=O)N2CCN(C(=O)c3ccc(OC)c(OC)c3)CC2)c1. The molecule has 9 nitrogen and oxygen atoms in total. The lowest BCUT2D eigenvalue weighted by molar-refractivity contribution is -0.120. The number of anilines is 1. The van der Waals surface area contributed by atoms with Gasteiger partial charge in [-0.05, 0) is 36.4 Å². The number of hydrogen-bond acceptors (Lipinski definition) is 7. The summed E-state index contributed by atoms with van der Waals surface area (Å²) in [6, 6.07) is 11.8. The first kappa shape index (κ1) is 23.1. The Bertz CT molecular complexity index is 1000. The van der Waals surface area contributed by atoms with Crippen LogP contribution in [0.1, 0.15) is 27.6 Å². The maximum Gasteiger partial charge on any atom is 0.337 e. The summed E-state index contributed by atoms with van der Waals surface area (Å²) in [5, 5.41) is 3.40. The summed E-state index contributed by atoms with van der Waals surface area (Å²) in [5.41, 5.74) is 1.43. The molecule has 0 aromatic heterocycles. The highest BCUT2D eigenvalue weighted by atomic mass is 16.5. The van der Waals surface area contributed by atoms with Crippen LogP contribution in [-0.2, 0) is 9.53 Å². The molecule has 1 aliphatic rings. The Morgan fingerprint density at radius 2 is 1.53 bits per heavy atom. The molecule has 1 heterocycles. The first-order valence-corrected chi connectivity index (χ1v) is 10.1. The Kier molecular flexibility index (Phi) is 7.32. The minimum absolute atomic E-state index is 0.118. The molecule has 2 aromatic rings. The van der Waals surface area contributed by atoms with Crippen molar-refractivity contribution in [2.24, 2.45) is 0 Å². The van der Waals surface area contributed by atoms with Gasteiger partial charge in [0, 0.05) is 38.7 Å². The molecule has 0 saturated carbocycles. The molecule has 0 bridgehead atoms. The maximum absolute atomic E-state index is 13.0. The molecule has 0 radical (unpaired) electrons. The first-order chi connectivity index (χ1) is 15.4. The summed E-state index contributed by atoms with van der Waals surface area (Å²) in [6.45, 7) is 3.26. The number of methoxy groups -OCH3 is 3. The van der Waals surface area contributed by atoms with E-state index < -0.39 is 5.97 Å². The van der Waals surface area contributed by atoms with Gasteiger partial charge in [0.05, 0.1) is 32.6 Å². The molecule has 170 valence electrons. The van der Waals surface area contributed by atoms with E-state index >= 15 is 0 Å². The second-order valence-corrected chi connectivity index (χ2v) is 7.19. The fourth-order valence-electron chi connectivity index (χ4n) is 3.68. The van der Waals surface area contributed by atoms with Crippen LogP contribution in [0.3, 0.4) is 0 Å². The molecule has 0 atom stereocenters. The van der Waals surface area contributed by atoms with Crippen LogP contribution in [-0.4, -0.2) is 75.2 Å². The summed E-state index contributed by atoms with van der Waals surface area (Å²) >= 11 is 0. The summed E-state index contributed by atoms with van der Waals surface area (Å²) in [5.74, 6) is 0.269. The second kappa shape index (κ2) is 10.1. The van der Waals surface area contributed by atoms with Gasteiger partial charge in [0.15, 0.2) is 11.5 Å². The summed E-state index contributed by atoms with van der Waals surface area (Å²) in [6.07, 6.45) is 0. The number of piperazine rings is 1. The third-order valence-corrected chi connectivity index (χ3v) is 5.27.